The Kier molecular flexibility index (Phi) is 5.85. The number of nitrogens with zero attached hydrogens (tertiary/aromatic N) is 1. The number of piperidine rings is 1. The third-order valence-electron chi connectivity index (χ3n) is 6.70. The minimum atomic E-state index is -0.886. The first-order valence-corrected chi connectivity index (χ1v) is 11.2. The Bertz CT molecular complexity index is 1050. The van der Waals surface area contributed by atoms with Crippen molar-refractivity contribution in [2.24, 2.45) is 0 Å². The fraction of sp³-hybridized carbons (Fsp3) is 0.333. The molecule has 1 saturated heterocycles. The molecule has 32 heavy (non-hydrogen) atoms. The SMILES string of the molecule is OC1(c2ccc(F)cc2)CCN(C2COc3cc(OCc4ccccc4)ccc3C2)CC1. The van der Waals surface area contributed by atoms with Gasteiger partial charge in [0.25, 0.3) is 0 Å². The van der Waals surface area contributed by atoms with Crippen LogP contribution in [0.25, 0.3) is 0 Å². The third-order valence-corrected chi connectivity index (χ3v) is 6.70. The van der Waals surface area contributed by atoms with Crippen molar-refractivity contribution in [2.75, 3.05) is 19.7 Å². The van der Waals surface area contributed by atoms with Crippen LogP contribution in [0.3, 0.4) is 0 Å². The minimum Gasteiger partial charge on any atom is -0.492 e. The van der Waals surface area contributed by atoms with Crippen molar-refractivity contribution in [1.29, 1.82) is 0 Å². The summed E-state index contributed by atoms with van der Waals surface area (Å²) in [7, 11) is 0. The number of hydrogen-bond acceptors (Lipinski definition) is 4. The molecule has 2 heterocycles. The molecular formula is C27H28FNO3. The maximum absolute atomic E-state index is 13.2. The van der Waals surface area contributed by atoms with E-state index in [4.69, 9.17) is 9.47 Å². The van der Waals surface area contributed by atoms with Gasteiger partial charge in [-0.1, -0.05) is 48.5 Å². The fourth-order valence-electron chi connectivity index (χ4n) is 4.71. The fourth-order valence-corrected chi connectivity index (χ4v) is 4.71. The van der Waals surface area contributed by atoms with Gasteiger partial charge in [0.05, 0.1) is 5.60 Å². The molecule has 0 spiro atoms. The molecule has 0 radical (unpaired) electrons. The Morgan fingerprint density at radius 2 is 1.75 bits per heavy atom. The van der Waals surface area contributed by atoms with Gasteiger partial charge in [-0.25, -0.2) is 4.39 Å². The molecule has 3 aromatic carbocycles. The van der Waals surface area contributed by atoms with Gasteiger partial charge in [0.1, 0.15) is 30.5 Å². The summed E-state index contributed by atoms with van der Waals surface area (Å²) >= 11 is 0. The van der Waals surface area contributed by atoms with E-state index in [1.807, 2.05) is 30.3 Å². The first kappa shape index (κ1) is 21.0. The van der Waals surface area contributed by atoms with Crippen LogP contribution in [0.15, 0.2) is 72.8 Å². The molecule has 166 valence electrons. The van der Waals surface area contributed by atoms with Gasteiger partial charge < -0.3 is 14.6 Å². The topological polar surface area (TPSA) is 41.9 Å². The lowest BCUT2D eigenvalue weighted by Gasteiger charge is -2.43. The van der Waals surface area contributed by atoms with Gasteiger partial charge in [-0.3, -0.25) is 4.90 Å². The van der Waals surface area contributed by atoms with E-state index < -0.39 is 5.60 Å². The molecule has 0 aliphatic carbocycles. The number of fused-ring (bicyclic) bond motifs is 1. The number of likely N-dealkylation sites (tertiary alicyclic amines) is 1. The van der Waals surface area contributed by atoms with E-state index in [2.05, 4.69) is 23.1 Å². The summed E-state index contributed by atoms with van der Waals surface area (Å²) in [6.45, 7) is 2.74. The second-order valence-corrected chi connectivity index (χ2v) is 8.79. The van der Waals surface area contributed by atoms with Gasteiger partial charge in [0, 0.05) is 25.2 Å². The average Bonchev–Trinajstić information content (AvgIpc) is 2.84. The predicted molar refractivity (Wildman–Crippen MR) is 121 cm³/mol. The monoisotopic (exact) mass is 433 g/mol. The van der Waals surface area contributed by atoms with E-state index in [-0.39, 0.29) is 11.9 Å². The largest absolute Gasteiger partial charge is 0.492 e. The summed E-state index contributed by atoms with van der Waals surface area (Å²) in [5.74, 6) is 1.43. The minimum absolute atomic E-state index is 0.276. The van der Waals surface area contributed by atoms with E-state index in [0.29, 0.717) is 26.1 Å². The van der Waals surface area contributed by atoms with Crippen LogP contribution in [0.4, 0.5) is 4.39 Å². The average molecular weight is 434 g/mol. The van der Waals surface area contributed by atoms with Crippen LogP contribution in [-0.2, 0) is 18.6 Å². The Labute approximate surface area is 188 Å². The highest BCUT2D eigenvalue weighted by Crippen LogP contribution is 2.36. The zero-order valence-electron chi connectivity index (χ0n) is 18.0. The van der Waals surface area contributed by atoms with E-state index in [1.54, 1.807) is 12.1 Å². The maximum atomic E-state index is 13.2. The van der Waals surface area contributed by atoms with Crippen molar-refractivity contribution >= 4 is 0 Å². The molecule has 3 aromatic rings. The van der Waals surface area contributed by atoms with Crippen LogP contribution in [0.2, 0.25) is 0 Å². The Hall–Kier alpha value is -2.89. The summed E-state index contributed by atoms with van der Waals surface area (Å²) in [6.07, 6.45) is 2.19. The van der Waals surface area contributed by atoms with Crippen LogP contribution >= 0.6 is 0 Å². The molecule has 5 heteroatoms. The molecule has 5 rings (SSSR count). The quantitative estimate of drug-likeness (QED) is 0.634. The van der Waals surface area contributed by atoms with E-state index in [9.17, 15) is 9.50 Å². The number of hydrogen-bond donors (Lipinski definition) is 1. The van der Waals surface area contributed by atoms with Gasteiger partial charge >= 0.3 is 0 Å². The van der Waals surface area contributed by atoms with Crippen molar-refractivity contribution in [3.8, 4) is 11.5 Å². The van der Waals surface area contributed by atoms with Crippen LogP contribution in [0.1, 0.15) is 29.5 Å². The van der Waals surface area contributed by atoms with E-state index in [0.717, 1.165) is 42.1 Å². The first-order valence-electron chi connectivity index (χ1n) is 11.2. The second-order valence-electron chi connectivity index (χ2n) is 8.79. The Balaban J connectivity index is 1.18. The molecule has 0 aromatic heterocycles. The lowest BCUT2D eigenvalue weighted by atomic mass is 9.83. The molecule has 1 fully saturated rings. The highest BCUT2D eigenvalue weighted by molar-refractivity contribution is 5.42. The molecule has 0 bridgehead atoms. The molecule has 1 atom stereocenters. The smallest absolute Gasteiger partial charge is 0.126 e. The zero-order chi connectivity index (χ0) is 22.0. The molecule has 2 aliphatic rings. The standard InChI is InChI=1S/C27H28FNO3/c28-23-9-7-22(8-10-23)27(30)12-14-29(15-13-27)24-16-21-6-11-25(17-26(21)32-19-24)31-18-20-4-2-1-3-5-20/h1-11,17,24,30H,12-16,18-19H2. The number of ether oxygens (including phenoxy) is 2. The summed E-state index contributed by atoms with van der Waals surface area (Å²) in [4.78, 5) is 2.40. The molecule has 0 saturated carbocycles. The number of benzene rings is 3. The van der Waals surface area contributed by atoms with Crippen molar-refractivity contribution in [1.82, 2.24) is 4.90 Å². The van der Waals surface area contributed by atoms with Crippen molar-refractivity contribution in [3.63, 3.8) is 0 Å². The van der Waals surface area contributed by atoms with Gasteiger partial charge in [-0.2, -0.15) is 0 Å². The van der Waals surface area contributed by atoms with Crippen LogP contribution in [0, 0.1) is 5.82 Å². The molecular weight excluding hydrogens is 405 g/mol. The van der Waals surface area contributed by atoms with Gasteiger partial charge in [-0.05, 0) is 54.2 Å². The lowest BCUT2D eigenvalue weighted by molar-refractivity contribution is -0.0415. The van der Waals surface area contributed by atoms with Gasteiger partial charge in [0.2, 0.25) is 0 Å². The second kappa shape index (κ2) is 8.93. The normalized spacial score (nSPS) is 20.2. The number of halogens is 1. The lowest BCUT2D eigenvalue weighted by Crippen LogP contribution is -2.50. The predicted octanol–water partition coefficient (Wildman–Crippen LogP) is 4.69. The summed E-state index contributed by atoms with van der Waals surface area (Å²) in [5, 5.41) is 11.1. The molecule has 2 aliphatic heterocycles. The molecule has 1 unspecified atom stereocenters. The molecule has 0 amide bonds. The van der Waals surface area contributed by atoms with Crippen molar-refractivity contribution < 1.29 is 19.0 Å². The number of aliphatic hydroxyl groups is 1. The number of rotatable bonds is 5. The van der Waals surface area contributed by atoms with Crippen LogP contribution in [0.5, 0.6) is 11.5 Å². The highest BCUT2D eigenvalue weighted by Gasteiger charge is 2.37. The van der Waals surface area contributed by atoms with Gasteiger partial charge in [-0.15, -0.1) is 0 Å². The summed E-state index contributed by atoms with van der Waals surface area (Å²) in [6, 6.07) is 22.7. The van der Waals surface area contributed by atoms with Crippen LogP contribution in [-0.4, -0.2) is 35.7 Å². The van der Waals surface area contributed by atoms with Crippen molar-refractivity contribution in [2.45, 2.75) is 37.5 Å². The summed E-state index contributed by atoms with van der Waals surface area (Å²) in [5.41, 5.74) is 2.24. The zero-order valence-corrected chi connectivity index (χ0v) is 18.0. The highest BCUT2D eigenvalue weighted by atomic mass is 19.1. The molecule has 1 N–H and O–H groups in total. The van der Waals surface area contributed by atoms with E-state index >= 15 is 0 Å². The molecule has 4 nitrogen and oxygen atoms in total. The van der Waals surface area contributed by atoms with Gasteiger partial charge in [0.15, 0.2) is 0 Å². The maximum Gasteiger partial charge on any atom is 0.126 e. The third kappa shape index (κ3) is 4.50. The Morgan fingerprint density at radius 1 is 1.00 bits per heavy atom. The van der Waals surface area contributed by atoms with E-state index in [1.165, 1.54) is 17.7 Å². The summed E-state index contributed by atoms with van der Waals surface area (Å²) < 4.78 is 25.3. The van der Waals surface area contributed by atoms with Crippen molar-refractivity contribution in [3.05, 3.63) is 95.3 Å². The first-order chi connectivity index (χ1) is 15.6. The van der Waals surface area contributed by atoms with Crippen LogP contribution < -0.4 is 9.47 Å². The Morgan fingerprint density at radius 3 is 2.50 bits per heavy atom.